The molecule has 1 aliphatic rings. The molecule has 2 unspecified atom stereocenters. The Morgan fingerprint density at radius 3 is 2.72 bits per heavy atom. The number of esters is 1. The van der Waals surface area contributed by atoms with Gasteiger partial charge in [0, 0.05) is 26.2 Å². The summed E-state index contributed by atoms with van der Waals surface area (Å²) in [5.74, 6) is -0.163. The predicted molar refractivity (Wildman–Crippen MR) is 68.2 cm³/mol. The minimum absolute atomic E-state index is 0.0667. The third-order valence-corrected chi connectivity index (χ3v) is 3.59. The fourth-order valence-electron chi connectivity index (χ4n) is 2.18. The molecular weight excluding hydrogens is 234 g/mol. The van der Waals surface area contributed by atoms with Crippen LogP contribution >= 0.6 is 0 Å². The smallest absolute Gasteiger partial charge is 0.313 e. The van der Waals surface area contributed by atoms with E-state index in [4.69, 9.17) is 19.9 Å². The number of hydrogen-bond donors (Lipinski definition) is 1. The average Bonchev–Trinajstić information content (AvgIpc) is 2.69. The van der Waals surface area contributed by atoms with Crippen molar-refractivity contribution in [1.82, 2.24) is 0 Å². The van der Waals surface area contributed by atoms with Crippen LogP contribution in [-0.2, 0) is 19.0 Å². The highest BCUT2D eigenvalue weighted by atomic mass is 16.5. The quantitative estimate of drug-likeness (QED) is 0.522. The maximum atomic E-state index is 11.9. The summed E-state index contributed by atoms with van der Waals surface area (Å²) in [6.07, 6.45) is 3.46. The summed E-state index contributed by atoms with van der Waals surface area (Å²) in [4.78, 5) is 11.9. The van der Waals surface area contributed by atoms with Crippen LogP contribution in [0, 0.1) is 5.41 Å². The molecule has 0 radical (unpaired) electrons. The van der Waals surface area contributed by atoms with E-state index in [9.17, 15) is 4.79 Å². The molecule has 0 amide bonds. The average molecular weight is 259 g/mol. The van der Waals surface area contributed by atoms with Gasteiger partial charge in [-0.05, 0) is 19.8 Å². The number of methoxy groups -OCH3 is 1. The highest BCUT2D eigenvalue weighted by molar-refractivity contribution is 5.77. The lowest BCUT2D eigenvalue weighted by atomic mass is 9.85. The molecule has 0 aromatic rings. The largest absolute Gasteiger partial charge is 0.465 e. The molecular formula is C13H25NO4. The van der Waals surface area contributed by atoms with Crippen LogP contribution in [0.3, 0.4) is 0 Å². The van der Waals surface area contributed by atoms with Gasteiger partial charge >= 0.3 is 5.97 Å². The number of nitrogens with two attached hydrogens (primary N) is 1. The first-order valence-corrected chi connectivity index (χ1v) is 6.61. The SMILES string of the molecule is COCCOCCCOC(=O)C1(C)CCCC1N. The molecule has 0 aromatic heterocycles. The summed E-state index contributed by atoms with van der Waals surface area (Å²) >= 11 is 0. The molecule has 106 valence electrons. The maximum absolute atomic E-state index is 11.9. The van der Waals surface area contributed by atoms with Gasteiger partial charge in [-0.2, -0.15) is 0 Å². The fraction of sp³-hybridized carbons (Fsp3) is 0.923. The third kappa shape index (κ3) is 4.23. The summed E-state index contributed by atoms with van der Waals surface area (Å²) in [6.45, 7) is 4.05. The molecule has 0 bridgehead atoms. The fourth-order valence-corrected chi connectivity index (χ4v) is 2.18. The molecule has 18 heavy (non-hydrogen) atoms. The molecule has 1 rings (SSSR count). The van der Waals surface area contributed by atoms with E-state index in [0.717, 1.165) is 19.3 Å². The number of rotatable bonds is 8. The normalized spacial score (nSPS) is 27.4. The van der Waals surface area contributed by atoms with Gasteiger partial charge in [-0.25, -0.2) is 0 Å². The molecule has 1 saturated carbocycles. The van der Waals surface area contributed by atoms with Gasteiger partial charge in [0.05, 0.1) is 25.2 Å². The molecule has 0 aliphatic heterocycles. The number of ether oxygens (including phenoxy) is 3. The molecule has 1 fully saturated rings. The van der Waals surface area contributed by atoms with Crippen LogP contribution in [0.4, 0.5) is 0 Å². The standard InChI is InChI=1S/C13H25NO4/c1-13(6-3-5-11(13)14)12(15)18-8-4-7-17-10-9-16-2/h11H,3-10,14H2,1-2H3. The van der Waals surface area contributed by atoms with Gasteiger partial charge in [-0.1, -0.05) is 6.42 Å². The van der Waals surface area contributed by atoms with E-state index in [1.165, 1.54) is 0 Å². The number of hydrogen-bond acceptors (Lipinski definition) is 5. The first-order valence-electron chi connectivity index (χ1n) is 6.61. The molecule has 2 atom stereocenters. The summed E-state index contributed by atoms with van der Waals surface area (Å²) in [5, 5.41) is 0. The second-order valence-corrected chi connectivity index (χ2v) is 5.01. The summed E-state index contributed by atoms with van der Waals surface area (Å²) in [7, 11) is 1.64. The van der Waals surface area contributed by atoms with Crippen molar-refractivity contribution in [1.29, 1.82) is 0 Å². The second-order valence-electron chi connectivity index (χ2n) is 5.01. The Morgan fingerprint density at radius 1 is 1.33 bits per heavy atom. The van der Waals surface area contributed by atoms with Crippen LogP contribution in [0.25, 0.3) is 0 Å². The van der Waals surface area contributed by atoms with Gasteiger partial charge in [0.1, 0.15) is 0 Å². The van der Waals surface area contributed by atoms with Gasteiger partial charge in [-0.15, -0.1) is 0 Å². The monoisotopic (exact) mass is 259 g/mol. The van der Waals surface area contributed by atoms with E-state index in [0.29, 0.717) is 32.8 Å². The molecule has 2 N–H and O–H groups in total. The lowest BCUT2D eigenvalue weighted by Gasteiger charge is -2.26. The van der Waals surface area contributed by atoms with Gasteiger partial charge in [-0.3, -0.25) is 4.79 Å². The Labute approximate surface area is 109 Å². The van der Waals surface area contributed by atoms with Crippen molar-refractivity contribution in [3.63, 3.8) is 0 Å². The topological polar surface area (TPSA) is 70.8 Å². The Hall–Kier alpha value is -0.650. The molecule has 1 aliphatic carbocycles. The molecule has 0 saturated heterocycles. The van der Waals surface area contributed by atoms with Crippen molar-refractivity contribution >= 4 is 5.97 Å². The van der Waals surface area contributed by atoms with Crippen molar-refractivity contribution < 1.29 is 19.0 Å². The summed E-state index contributed by atoms with van der Waals surface area (Å²) < 4.78 is 15.4. The molecule has 5 heteroatoms. The minimum Gasteiger partial charge on any atom is -0.465 e. The van der Waals surface area contributed by atoms with Crippen molar-refractivity contribution in [2.45, 2.75) is 38.6 Å². The highest BCUT2D eigenvalue weighted by Gasteiger charge is 2.44. The van der Waals surface area contributed by atoms with Crippen molar-refractivity contribution in [2.24, 2.45) is 11.1 Å². The van der Waals surface area contributed by atoms with Gasteiger partial charge in [0.15, 0.2) is 0 Å². The lowest BCUT2D eigenvalue weighted by Crippen LogP contribution is -2.42. The zero-order chi connectivity index (χ0) is 13.4. The van der Waals surface area contributed by atoms with Crippen molar-refractivity contribution in [3.05, 3.63) is 0 Å². The van der Waals surface area contributed by atoms with Crippen LogP contribution in [-0.4, -0.2) is 45.5 Å². The van der Waals surface area contributed by atoms with Crippen LogP contribution in [0.5, 0.6) is 0 Å². The van der Waals surface area contributed by atoms with Gasteiger partial charge in [0.2, 0.25) is 0 Å². The zero-order valence-electron chi connectivity index (χ0n) is 11.4. The maximum Gasteiger partial charge on any atom is 0.313 e. The Morgan fingerprint density at radius 2 is 2.11 bits per heavy atom. The minimum atomic E-state index is -0.489. The molecule has 0 aromatic carbocycles. The van der Waals surface area contributed by atoms with Gasteiger partial charge < -0.3 is 19.9 Å². The lowest BCUT2D eigenvalue weighted by molar-refractivity contribution is -0.155. The predicted octanol–water partition coefficient (Wildman–Crippen LogP) is 1.10. The Kier molecular flexibility index (Phi) is 6.60. The molecule has 5 nitrogen and oxygen atoms in total. The first-order chi connectivity index (χ1) is 8.61. The van der Waals surface area contributed by atoms with Crippen molar-refractivity contribution in [3.8, 4) is 0 Å². The number of carbonyl (C=O) groups excluding carboxylic acids is 1. The van der Waals surface area contributed by atoms with Crippen LogP contribution in [0.1, 0.15) is 32.6 Å². The van der Waals surface area contributed by atoms with Crippen LogP contribution < -0.4 is 5.73 Å². The molecule has 0 spiro atoms. The Bertz CT molecular complexity index is 259. The first kappa shape index (κ1) is 15.4. The zero-order valence-corrected chi connectivity index (χ0v) is 11.4. The van der Waals surface area contributed by atoms with Gasteiger partial charge in [0.25, 0.3) is 0 Å². The summed E-state index contributed by atoms with van der Waals surface area (Å²) in [5.41, 5.74) is 5.47. The van der Waals surface area contributed by atoms with Crippen LogP contribution in [0.15, 0.2) is 0 Å². The van der Waals surface area contributed by atoms with E-state index in [-0.39, 0.29) is 12.0 Å². The summed E-state index contributed by atoms with van der Waals surface area (Å²) in [6, 6.07) is -0.0667. The van der Waals surface area contributed by atoms with Crippen LogP contribution in [0.2, 0.25) is 0 Å². The number of carbonyl (C=O) groups is 1. The van der Waals surface area contributed by atoms with E-state index in [2.05, 4.69) is 0 Å². The highest BCUT2D eigenvalue weighted by Crippen LogP contribution is 2.37. The van der Waals surface area contributed by atoms with E-state index in [1.807, 2.05) is 6.92 Å². The Balaban J connectivity index is 2.10. The van der Waals surface area contributed by atoms with Crippen molar-refractivity contribution in [2.75, 3.05) is 33.5 Å². The second kappa shape index (κ2) is 7.71. The van der Waals surface area contributed by atoms with E-state index < -0.39 is 5.41 Å². The van der Waals surface area contributed by atoms with E-state index in [1.54, 1.807) is 7.11 Å². The molecule has 0 heterocycles. The van der Waals surface area contributed by atoms with E-state index >= 15 is 0 Å². The third-order valence-electron chi connectivity index (χ3n) is 3.59.